The highest BCUT2D eigenvalue weighted by molar-refractivity contribution is 9.10. The molecule has 0 saturated heterocycles. The SMILES string of the molecule is CC(Nc1ccc(/C(Nc2ccc(CN(C)C)cc2)=C2/C(=O)Nc3cc(Br)ccc32)cc1)C(=O)O. The molecule has 1 aliphatic heterocycles. The average Bonchev–Trinajstić information content (AvgIpc) is 3.13. The number of carbonyl (C=O) groups excluding carboxylic acids is 1. The summed E-state index contributed by atoms with van der Waals surface area (Å²) >= 11 is 3.47. The number of amides is 1. The van der Waals surface area contributed by atoms with Gasteiger partial charge in [0.1, 0.15) is 6.04 Å². The van der Waals surface area contributed by atoms with Crippen molar-refractivity contribution in [2.75, 3.05) is 30.0 Å². The summed E-state index contributed by atoms with van der Waals surface area (Å²) in [5, 5.41) is 18.5. The number of carbonyl (C=O) groups is 2. The van der Waals surface area contributed by atoms with Crippen LogP contribution in [-0.4, -0.2) is 42.0 Å². The molecule has 1 heterocycles. The Labute approximate surface area is 213 Å². The molecule has 0 saturated carbocycles. The highest BCUT2D eigenvalue weighted by atomic mass is 79.9. The third kappa shape index (κ3) is 5.72. The summed E-state index contributed by atoms with van der Waals surface area (Å²) in [5.41, 5.74) is 6.30. The first-order valence-electron chi connectivity index (χ1n) is 11.2. The molecule has 1 aliphatic rings. The van der Waals surface area contributed by atoms with Gasteiger partial charge < -0.3 is 26.0 Å². The van der Waals surface area contributed by atoms with E-state index in [1.54, 1.807) is 6.92 Å². The predicted molar refractivity (Wildman–Crippen MR) is 144 cm³/mol. The minimum atomic E-state index is -0.929. The fraction of sp³-hybridized carbons (Fsp3) is 0.185. The second-order valence-corrected chi connectivity index (χ2v) is 9.65. The third-order valence-electron chi connectivity index (χ3n) is 5.63. The zero-order valence-electron chi connectivity index (χ0n) is 19.7. The Kier molecular flexibility index (Phi) is 7.23. The van der Waals surface area contributed by atoms with Gasteiger partial charge in [-0.25, -0.2) is 0 Å². The number of nitrogens with zero attached hydrogens (tertiary/aromatic N) is 1. The molecule has 4 N–H and O–H groups in total. The van der Waals surface area contributed by atoms with Crippen molar-refractivity contribution < 1.29 is 14.7 Å². The van der Waals surface area contributed by atoms with E-state index in [-0.39, 0.29) is 5.91 Å². The molecule has 0 spiro atoms. The zero-order chi connectivity index (χ0) is 25.1. The van der Waals surface area contributed by atoms with Gasteiger partial charge in [-0.15, -0.1) is 0 Å². The highest BCUT2D eigenvalue weighted by Crippen LogP contribution is 2.39. The smallest absolute Gasteiger partial charge is 0.325 e. The number of aliphatic carboxylic acids is 1. The summed E-state index contributed by atoms with van der Waals surface area (Å²) in [4.78, 5) is 26.4. The molecule has 1 atom stereocenters. The van der Waals surface area contributed by atoms with Crippen molar-refractivity contribution in [3.63, 3.8) is 0 Å². The Hall–Kier alpha value is -3.62. The molecule has 0 aliphatic carbocycles. The van der Waals surface area contributed by atoms with Gasteiger partial charge in [0.05, 0.1) is 17.0 Å². The lowest BCUT2D eigenvalue weighted by atomic mass is 9.99. The van der Waals surface area contributed by atoms with Gasteiger partial charge in [0.2, 0.25) is 0 Å². The Bertz CT molecular complexity index is 1280. The van der Waals surface area contributed by atoms with Crippen LogP contribution in [0.1, 0.15) is 23.6 Å². The van der Waals surface area contributed by atoms with Crippen LogP contribution in [0.25, 0.3) is 11.3 Å². The maximum absolute atomic E-state index is 13.1. The van der Waals surface area contributed by atoms with Crippen LogP contribution < -0.4 is 16.0 Å². The molecule has 180 valence electrons. The second-order valence-electron chi connectivity index (χ2n) is 8.74. The van der Waals surface area contributed by atoms with Crippen molar-refractivity contribution in [3.05, 3.63) is 87.9 Å². The molecule has 3 aromatic rings. The number of carboxylic acids is 1. The highest BCUT2D eigenvalue weighted by Gasteiger charge is 2.28. The van der Waals surface area contributed by atoms with E-state index >= 15 is 0 Å². The van der Waals surface area contributed by atoms with Crippen molar-refractivity contribution in [1.82, 2.24) is 4.90 Å². The lowest BCUT2D eigenvalue weighted by Gasteiger charge is -2.17. The lowest BCUT2D eigenvalue weighted by Crippen LogP contribution is -2.25. The number of hydrogen-bond donors (Lipinski definition) is 4. The Morgan fingerprint density at radius 1 is 1.03 bits per heavy atom. The van der Waals surface area contributed by atoms with E-state index in [2.05, 4.69) is 48.9 Å². The number of benzene rings is 3. The van der Waals surface area contributed by atoms with E-state index in [4.69, 9.17) is 0 Å². The van der Waals surface area contributed by atoms with Crippen LogP contribution in [0.4, 0.5) is 17.1 Å². The van der Waals surface area contributed by atoms with E-state index in [0.29, 0.717) is 17.0 Å². The monoisotopic (exact) mass is 534 g/mol. The fourth-order valence-corrected chi connectivity index (χ4v) is 4.28. The number of carboxylic acid groups (broad SMARTS) is 1. The first kappa shape index (κ1) is 24.5. The van der Waals surface area contributed by atoms with E-state index in [9.17, 15) is 14.7 Å². The fourth-order valence-electron chi connectivity index (χ4n) is 3.92. The van der Waals surface area contributed by atoms with Crippen molar-refractivity contribution in [2.24, 2.45) is 0 Å². The molecule has 3 aromatic carbocycles. The van der Waals surface area contributed by atoms with Gasteiger partial charge in [-0.2, -0.15) is 0 Å². The van der Waals surface area contributed by atoms with E-state index < -0.39 is 12.0 Å². The van der Waals surface area contributed by atoms with Gasteiger partial charge in [0.15, 0.2) is 0 Å². The van der Waals surface area contributed by atoms with Gasteiger partial charge in [-0.1, -0.05) is 46.3 Å². The van der Waals surface area contributed by atoms with Crippen molar-refractivity contribution in [3.8, 4) is 0 Å². The van der Waals surface area contributed by atoms with Crippen molar-refractivity contribution in [2.45, 2.75) is 19.5 Å². The quantitative estimate of drug-likeness (QED) is 0.292. The second kappa shape index (κ2) is 10.3. The Morgan fingerprint density at radius 3 is 2.31 bits per heavy atom. The number of nitrogens with one attached hydrogen (secondary N) is 3. The number of rotatable bonds is 8. The minimum Gasteiger partial charge on any atom is -0.480 e. The summed E-state index contributed by atoms with van der Waals surface area (Å²) in [6, 6.07) is 20.5. The lowest BCUT2D eigenvalue weighted by molar-refractivity contribution is -0.137. The van der Waals surface area contributed by atoms with Crippen LogP contribution in [0.5, 0.6) is 0 Å². The zero-order valence-corrected chi connectivity index (χ0v) is 21.3. The topological polar surface area (TPSA) is 93.7 Å². The molecular weight excluding hydrogens is 508 g/mol. The number of hydrogen-bond acceptors (Lipinski definition) is 5. The molecule has 4 rings (SSSR count). The maximum atomic E-state index is 13.1. The van der Waals surface area contributed by atoms with E-state index in [1.807, 2.05) is 68.7 Å². The van der Waals surface area contributed by atoms with Gasteiger partial charge in [0.25, 0.3) is 5.91 Å². The first-order valence-corrected chi connectivity index (χ1v) is 12.0. The van der Waals surface area contributed by atoms with E-state index in [1.165, 1.54) is 5.56 Å². The molecule has 1 unspecified atom stereocenters. The molecule has 0 bridgehead atoms. The largest absolute Gasteiger partial charge is 0.480 e. The van der Waals surface area contributed by atoms with Gasteiger partial charge in [0, 0.05) is 28.0 Å². The normalized spacial score (nSPS) is 14.8. The number of fused-ring (bicyclic) bond motifs is 1. The van der Waals surface area contributed by atoms with Crippen LogP contribution in [-0.2, 0) is 16.1 Å². The van der Waals surface area contributed by atoms with Gasteiger partial charge in [-0.3, -0.25) is 9.59 Å². The number of anilines is 3. The van der Waals surface area contributed by atoms with Crippen LogP contribution in [0.2, 0.25) is 0 Å². The van der Waals surface area contributed by atoms with Crippen LogP contribution in [0.15, 0.2) is 71.2 Å². The average molecular weight is 535 g/mol. The standard InChI is InChI=1S/C27H27BrN4O3/c1-16(27(34)35)29-20-11-6-18(7-12-20)25(30-21-9-4-17(5-10-21)15-32(2)3)24-22-13-8-19(28)14-23(22)31-26(24)33/h4-14,16,29-30H,15H2,1-3H3,(H,31,33)(H,34,35)/b25-24-. The van der Waals surface area contributed by atoms with Crippen molar-refractivity contribution in [1.29, 1.82) is 0 Å². The maximum Gasteiger partial charge on any atom is 0.325 e. The summed E-state index contributed by atoms with van der Waals surface area (Å²) in [5.74, 6) is -1.12. The van der Waals surface area contributed by atoms with E-state index in [0.717, 1.165) is 33.5 Å². The predicted octanol–water partition coefficient (Wildman–Crippen LogP) is 5.33. The van der Waals surface area contributed by atoms with Crippen molar-refractivity contribution >= 4 is 56.1 Å². The molecule has 1 amide bonds. The van der Waals surface area contributed by atoms with Gasteiger partial charge in [-0.05, 0) is 68.5 Å². The summed E-state index contributed by atoms with van der Waals surface area (Å²) < 4.78 is 0.881. The summed E-state index contributed by atoms with van der Waals surface area (Å²) in [7, 11) is 4.05. The number of halogens is 1. The minimum absolute atomic E-state index is 0.188. The summed E-state index contributed by atoms with van der Waals surface area (Å²) in [6.07, 6.45) is 0. The van der Waals surface area contributed by atoms with Crippen LogP contribution in [0, 0.1) is 0 Å². The third-order valence-corrected chi connectivity index (χ3v) is 6.12. The van der Waals surface area contributed by atoms with Crippen LogP contribution in [0.3, 0.4) is 0 Å². The molecule has 7 nitrogen and oxygen atoms in total. The van der Waals surface area contributed by atoms with Gasteiger partial charge >= 0.3 is 5.97 Å². The Balaban J connectivity index is 1.74. The molecule has 0 radical (unpaired) electrons. The molecular formula is C27H27BrN4O3. The molecule has 0 aromatic heterocycles. The Morgan fingerprint density at radius 2 is 1.69 bits per heavy atom. The first-order chi connectivity index (χ1) is 16.7. The molecule has 35 heavy (non-hydrogen) atoms. The van der Waals surface area contributed by atoms with Crippen LogP contribution >= 0.6 is 15.9 Å². The molecule has 0 fully saturated rings. The molecule has 8 heteroatoms. The summed E-state index contributed by atoms with van der Waals surface area (Å²) in [6.45, 7) is 2.42.